The molecular weight excluding hydrogens is 212 g/mol. The van der Waals surface area contributed by atoms with Crippen LogP contribution in [0.3, 0.4) is 0 Å². The third-order valence-corrected chi connectivity index (χ3v) is 2.99. The van der Waals surface area contributed by atoms with Crippen LogP contribution < -0.4 is 4.74 Å². The Morgan fingerprint density at radius 3 is 2.88 bits per heavy atom. The third-order valence-electron chi connectivity index (χ3n) is 2.99. The fourth-order valence-electron chi connectivity index (χ4n) is 2.11. The molecule has 0 aromatic heterocycles. The third kappa shape index (κ3) is 3.81. The van der Waals surface area contributed by atoms with Gasteiger partial charge in [0.1, 0.15) is 5.75 Å². The average Bonchev–Trinajstić information content (AvgIpc) is 2.83. The van der Waals surface area contributed by atoms with Crippen LogP contribution in [0.5, 0.6) is 5.75 Å². The molecule has 0 atom stereocenters. The van der Waals surface area contributed by atoms with Gasteiger partial charge in [-0.05, 0) is 56.4 Å². The summed E-state index contributed by atoms with van der Waals surface area (Å²) < 4.78 is 11.1. The molecule has 0 unspecified atom stereocenters. The predicted octanol–water partition coefficient (Wildman–Crippen LogP) is 4.02. The van der Waals surface area contributed by atoms with Crippen molar-refractivity contribution in [2.24, 2.45) is 0 Å². The Labute approximate surface area is 103 Å². The summed E-state index contributed by atoms with van der Waals surface area (Å²) in [5.74, 6) is 0.968. The topological polar surface area (TPSA) is 18.5 Å². The second-order valence-corrected chi connectivity index (χ2v) is 4.35. The number of rotatable bonds is 5. The number of benzene rings is 1. The SMILES string of the molecule is CCOC=Cc1cccc(OC2CCCC2)c1. The van der Waals surface area contributed by atoms with E-state index < -0.39 is 0 Å². The molecule has 1 aliphatic carbocycles. The fourth-order valence-corrected chi connectivity index (χ4v) is 2.11. The van der Waals surface area contributed by atoms with Crippen molar-refractivity contribution in [2.75, 3.05) is 6.61 Å². The largest absolute Gasteiger partial charge is 0.501 e. The molecule has 2 rings (SSSR count). The van der Waals surface area contributed by atoms with Gasteiger partial charge in [-0.1, -0.05) is 12.1 Å². The van der Waals surface area contributed by atoms with Gasteiger partial charge in [-0.3, -0.25) is 0 Å². The van der Waals surface area contributed by atoms with Crippen LogP contribution in [0, 0.1) is 0 Å². The second-order valence-electron chi connectivity index (χ2n) is 4.35. The Kier molecular flexibility index (Phi) is 4.48. The molecule has 1 aromatic rings. The minimum absolute atomic E-state index is 0.418. The van der Waals surface area contributed by atoms with Crippen LogP contribution in [0.4, 0.5) is 0 Å². The minimum Gasteiger partial charge on any atom is -0.501 e. The van der Waals surface area contributed by atoms with E-state index in [9.17, 15) is 0 Å². The molecule has 1 aliphatic rings. The lowest BCUT2D eigenvalue weighted by Crippen LogP contribution is -2.10. The zero-order valence-corrected chi connectivity index (χ0v) is 10.4. The zero-order chi connectivity index (χ0) is 11.9. The molecule has 0 saturated heterocycles. The van der Waals surface area contributed by atoms with E-state index in [0.29, 0.717) is 12.7 Å². The van der Waals surface area contributed by atoms with Crippen molar-refractivity contribution in [3.05, 3.63) is 36.1 Å². The Morgan fingerprint density at radius 2 is 2.12 bits per heavy atom. The highest BCUT2D eigenvalue weighted by Crippen LogP contribution is 2.24. The molecule has 0 amide bonds. The van der Waals surface area contributed by atoms with E-state index in [0.717, 1.165) is 11.3 Å². The van der Waals surface area contributed by atoms with Crippen molar-refractivity contribution in [3.63, 3.8) is 0 Å². The summed E-state index contributed by atoms with van der Waals surface area (Å²) in [5, 5.41) is 0. The molecule has 2 heteroatoms. The Balaban J connectivity index is 1.95. The van der Waals surface area contributed by atoms with E-state index in [1.165, 1.54) is 25.7 Å². The molecule has 2 nitrogen and oxygen atoms in total. The number of hydrogen-bond acceptors (Lipinski definition) is 2. The van der Waals surface area contributed by atoms with Crippen molar-refractivity contribution in [1.82, 2.24) is 0 Å². The average molecular weight is 232 g/mol. The van der Waals surface area contributed by atoms with Crippen LogP contribution in [0.15, 0.2) is 30.5 Å². The first-order valence-electron chi connectivity index (χ1n) is 6.43. The van der Waals surface area contributed by atoms with E-state index >= 15 is 0 Å². The van der Waals surface area contributed by atoms with Gasteiger partial charge < -0.3 is 9.47 Å². The highest BCUT2D eigenvalue weighted by molar-refractivity contribution is 5.50. The van der Waals surface area contributed by atoms with Gasteiger partial charge in [0.15, 0.2) is 0 Å². The van der Waals surface area contributed by atoms with Crippen molar-refractivity contribution >= 4 is 6.08 Å². The van der Waals surface area contributed by atoms with Crippen LogP contribution in [-0.2, 0) is 4.74 Å². The summed E-state index contributed by atoms with van der Waals surface area (Å²) in [4.78, 5) is 0. The van der Waals surface area contributed by atoms with E-state index in [-0.39, 0.29) is 0 Å². The Bertz CT molecular complexity index is 365. The van der Waals surface area contributed by atoms with Crippen molar-refractivity contribution in [1.29, 1.82) is 0 Å². The van der Waals surface area contributed by atoms with E-state index in [2.05, 4.69) is 12.1 Å². The quantitative estimate of drug-likeness (QED) is 0.714. The maximum absolute atomic E-state index is 5.95. The highest BCUT2D eigenvalue weighted by Gasteiger charge is 2.16. The lowest BCUT2D eigenvalue weighted by atomic mass is 10.2. The summed E-state index contributed by atoms with van der Waals surface area (Å²) in [6.45, 7) is 2.68. The van der Waals surface area contributed by atoms with Crippen molar-refractivity contribution in [2.45, 2.75) is 38.7 Å². The van der Waals surface area contributed by atoms with E-state index in [1.807, 2.05) is 25.1 Å². The molecule has 0 spiro atoms. The second kappa shape index (κ2) is 6.33. The highest BCUT2D eigenvalue weighted by atomic mass is 16.5. The molecule has 0 radical (unpaired) electrons. The summed E-state index contributed by atoms with van der Waals surface area (Å²) in [6.07, 6.45) is 9.10. The molecule has 0 aliphatic heterocycles. The predicted molar refractivity (Wildman–Crippen MR) is 70.0 cm³/mol. The van der Waals surface area contributed by atoms with Crippen LogP contribution in [0.1, 0.15) is 38.2 Å². The lowest BCUT2D eigenvalue weighted by Gasteiger charge is -2.13. The smallest absolute Gasteiger partial charge is 0.120 e. The first-order chi connectivity index (χ1) is 8.38. The van der Waals surface area contributed by atoms with E-state index in [1.54, 1.807) is 6.26 Å². The van der Waals surface area contributed by atoms with Crippen LogP contribution in [0.2, 0.25) is 0 Å². The minimum atomic E-state index is 0.418. The van der Waals surface area contributed by atoms with Gasteiger partial charge >= 0.3 is 0 Å². The molecular formula is C15H20O2. The maximum atomic E-state index is 5.95. The first kappa shape index (κ1) is 12.0. The molecule has 1 fully saturated rings. The standard InChI is InChI=1S/C15H20O2/c1-2-16-11-10-13-6-5-9-15(12-13)17-14-7-3-4-8-14/h5-6,9-12,14H,2-4,7-8H2,1H3. The normalized spacial score (nSPS) is 16.5. The molecule has 0 heterocycles. The van der Waals surface area contributed by atoms with Crippen LogP contribution in [-0.4, -0.2) is 12.7 Å². The molecule has 0 bridgehead atoms. The molecule has 92 valence electrons. The first-order valence-corrected chi connectivity index (χ1v) is 6.43. The van der Waals surface area contributed by atoms with Gasteiger partial charge in [-0.25, -0.2) is 0 Å². The summed E-state index contributed by atoms with van der Waals surface area (Å²) in [5.41, 5.74) is 1.12. The van der Waals surface area contributed by atoms with Crippen LogP contribution >= 0.6 is 0 Å². The van der Waals surface area contributed by atoms with Gasteiger partial charge in [-0.2, -0.15) is 0 Å². The number of ether oxygens (including phenoxy) is 2. The van der Waals surface area contributed by atoms with Gasteiger partial charge in [0.2, 0.25) is 0 Å². The summed E-state index contributed by atoms with van der Waals surface area (Å²) in [6, 6.07) is 8.16. The van der Waals surface area contributed by atoms with Gasteiger partial charge in [-0.15, -0.1) is 0 Å². The van der Waals surface area contributed by atoms with Gasteiger partial charge in [0.25, 0.3) is 0 Å². The fraction of sp³-hybridized carbons (Fsp3) is 0.467. The lowest BCUT2D eigenvalue weighted by molar-refractivity contribution is 0.210. The maximum Gasteiger partial charge on any atom is 0.120 e. The Morgan fingerprint density at radius 1 is 1.29 bits per heavy atom. The van der Waals surface area contributed by atoms with Crippen LogP contribution in [0.25, 0.3) is 6.08 Å². The molecule has 0 N–H and O–H groups in total. The monoisotopic (exact) mass is 232 g/mol. The zero-order valence-electron chi connectivity index (χ0n) is 10.4. The van der Waals surface area contributed by atoms with Crippen molar-refractivity contribution < 1.29 is 9.47 Å². The van der Waals surface area contributed by atoms with Gasteiger partial charge in [0, 0.05) is 0 Å². The van der Waals surface area contributed by atoms with E-state index in [4.69, 9.17) is 9.47 Å². The number of hydrogen-bond donors (Lipinski definition) is 0. The van der Waals surface area contributed by atoms with Gasteiger partial charge in [0.05, 0.1) is 19.0 Å². The molecule has 1 aromatic carbocycles. The Hall–Kier alpha value is -1.44. The molecule has 1 saturated carbocycles. The molecule has 17 heavy (non-hydrogen) atoms. The summed E-state index contributed by atoms with van der Waals surface area (Å²) >= 11 is 0. The summed E-state index contributed by atoms with van der Waals surface area (Å²) in [7, 11) is 0. The van der Waals surface area contributed by atoms with Crippen molar-refractivity contribution in [3.8, 4) is 5.75 Å².